The zero-order chi connectivity index (χ0) is 42.7. The van der Waals surface area contributed by atoms with Gasteiger partial charge in [-0.15, -0.1) is 6.58 Å². The summed E-state index contributed by atoms with van der Waals surface area (Å²) in [5, 5.41) is 16.5. The van der Waals surface area contributed by atoms with E-state index >= 15 is 0 Å². The topological polar surface area (TPSA) is 191 Å². The molecule has 3 N–H and O–H groups in total. The van der Waals surface area contributed by atoms with E-state index in [-0.39, 0.29) is 30.5 Å². The van der Waals surface area contributed by atoms with Gasteiger partial charge in [0.25, 0.3) is 17.4 Å². The lowest BCUT2D eigenvalue weighted by Crippen LogP contribution is -2.55. The molecule has 0 spiro atoms. The van der Waals surface area contributed by atoms with Crippen LogP contribution in [-0.2, 0) is 21.7 Å². The molecule has 5 aromatic rings. The van der Waals surface area contributed by atoms with Crippen molar-refractivity contribution in [1.82, 2.24) is 39.4 Å². The van der Waals surface area contributed by atoms with Crippen molar-refractivity contribution in [2.24, 2.45) is 5.92 Å². The molecule has 0 saturated carbocycles. The Morgan fingerprint density at radius 1 is 0.934 bits per heavy atom. The molecule has 0 bridgehead atoms. The lowest BCUT2D eigenvalue weighted by molar-refractivity contribution is -0.136. The van der Waals surface area contributed by atoms with Crippen LogP contribution in [0.15, 0.2) is 78.2 Å². The van der Waals surface area contributed by atoms with E-state index in [1.807, 2.05) is 12.1 Å². The van der Waals surface area contributed by atoms with Crippen molar-refractivity contribution in [2.45, 2.75) is 51.8 Å². The number of hydrogen-bond donors (Lipinski definition) is 3. The lowest BCUT2D eigenvalue weighted by atomic mass is 9.97. The Morgan fingerprint density at radius 2 is 1.70 bits per heavy atom. The number of imide groups is 2. The number of amides is 4. The first-order valence-corrected chi connectivity index (χ1v) is 20.5. The molecule has 9 rings (SSSR count). The first-order chi connectivity index (χ1) is 29.3. The summed E-state index contributed by atoms with van der Waals surface area (Å²) in [5.41, 5.74) is 3.90. The van der Waals surface area contributed by atoms with Crippen molar-refractivity contribution >= 4 is 57.7 Å². The molecule has 3 fully saturated rings. The van der Waals surface area contributed by atoms with E-state index in [1.54, 1.807) is 54.9 Å². The monoisotopic (exact) mass is 825 g/mol. The van der Waals surface area contributed by atoms with Gasteiger partial charge in [0.05, 0.1) is 23.4 Å². The maximum atomic E-state index is 13.4. The zero-order valence-electron chi connectivity index (χ0n) is 34.3. The molecule has 61 heavy (non-hydrogen) atoms. The quantitative estimate of drug-likeness (QED) is 0.130. The fraction of sp³-hybridized carbons (Fsp3) is 0.364. The molecule has 1 atom stereocenters. The Labute approximate surface area is 351 Å². The number of hydrogen-bond acceptors (Lipinski definition) is 13. The Kier molecular flexibility index (Phi) is 10.0. The van der Waals surface area contributed by atoms with Gasteiger partial charge in [0.1, 0.15) is 17.0 Å². The highest BCUT2D eigenvalue weighted by atomic mass is 16.3. The zero-order valence-corrected chi connectivity index (χ0v) is 34.3. The van der Waals surface area contributed by atoms with Crippen molar-refractivity contribution in [3.8, 4) is 5.82 Å². The molecular weight excluding hydrogens is 779 g/mol. The summed E-state index contributed by atoms with van der Waals surface area (Å²) in [4.78, 5) is 86.0. The second-order valence-electron chi connectivity index (χ2n) is 16.7. The number of aryl methyl sites for hydroxylation is 1. The van der Waals surface area contributed by atoms with Gasteiger partial charge in [-0.1, -0.05) is 12.1 Å². The molecule has 4 amide bonds. The van der Waals surface area contributed by atoms with Gasteiger partial charge in [-0.05, 0) is 81.3 Å². The van der Waals surface area contributed by atoms with Crippen LogP contribution in [-0.4, -0.2) is 115 Å². The minimum atomic E-state index is -1.18. The molecule has 3 aromatic heterocycles. The number of aromatic nitrogens is 5. The van der Waals surface area contributed by atoms with Crippen LogP contribution in [0.5, 0.6) is 0 Å². The normalized spacial score (nSPS) is 18.8. The van der Waals surface area contributed by atoms with Crippen molar-refractivity contribution in [3.63, 3.8) is 0 Å². The highest BCUT2D eigenvalue weighted by Crippen LogP contribution is 2.34. The van der Waals surface area contributed by atoms with Crippen molar-refractivity contribution in [2.75, 3.05) is 60.9 Å². The van der Waals surface area contributed by atoms with Gasteiger partial charge in [-0.3, -0.25) is 39.1 Å². The summed E-state index contributed by atoms with van der Waals surface area (Å²) in [6, 6.07) is 15.8. The molecule has 0 aliphatic carbocycles. The fourth-order valence-corrected chi connectivity index (χ4v) is 8.80. The maximum Gasteiger partial charge on any atom is 0.278 e. The minimum absolute atomic E-state index is 0.0854. The number of nitrogens with zero attached hydrogens (tertiary/aromatic N) is 9. The van der Waals surface area contributed by atoms with E-state index < -0.39 is 35.3 Å². The van der Waals surface area contributed by atoms with Crippen molar-refractivity contribution < 1.29 is 24.3 Å². The van der Waals surface area contributed by atoms with Crippen LogP contribution in [0.1, 0.15) is 58.7 Å². The van der Waals surface area contributed by atoms with Gasteiger partial charge in [-0.2, -0.15) is 4.98 Å². The Morgan fingerprint density at radius 3 is 2.43 bits per heavy atom. The van der Waals surface area contributed by atoms with Gasteiger partial charge in [-0.25, -0.2) is 19.3 Å². The number of anilines is 4. The van der Waals surface area contributed by atoms with Crippen LogP contribution in [0.2, 0.25) is 0 Å². The summed E-state index contributed by atoms with van der Waals surface area (Å²) in [6.45, 7) is 15.7. The SMILES string of the molecule is C=CCn1c(=O)c2cnc(Nc3ccc(N4CCN(CC5CN(c6ccc7c(c6)C(=O)N(C6CCC(=O)NC6=O)C7=O)C5)CC4)c(C)c3)nc2n1-c1cccc(C(C)(C)O)n1. The van der Waals surface area contributed by atoms with Gasteiger partial charge in [0.2, 0.25) is 17.8 Å². The molecule has 4 aliphatic rings. The molecule has 4 aliphatic heterocycles. The number of carbonyl (C=O) groups is 4. The predicted octanol–water partition coefficient (Wildman–Crippen LogP) is 3.10. The van der Waals surface area contributed by atoms with E-state index in [1.165, 1.54) is 10.9 Å². The van der Waals surface area contributed by atoms with E-state index in [0.29, 0.717) is 40.0 Å². The van der Waals surface area contributed by atoms with E-state index in [9.17, 15) is 29.1 Å². The van der Waals surface area contributed by atoms with Gasteiger partial charge < -0.3 is 20.2 Å². The number of fused-ring (bicyclic) bond motifs is 2. The average Bonchev–Trinajstić information content (AvgIpc) is 3.63. The maximum absolute atomic E-state index is 13.4. The van der Waals surface area contributed by atoms with Crippen LogP contribution in [0, 0.1) is 12.8 Å². The minimum Gasteiger partial charge on any atom is -0.384 e. The van der Waals surface area contributed by atoms with Crippen LogP contribution in [0.25, 0.3) is 16.9 Å². The summed E-state index contributed by atoms with van der Waals surface area (Å²) >= 11 is 0. The van der Waals surface area contributed by atoms with E-state index in [0.717, 1.165) is 73.3 Å². The number of pyridine rings is 1. The molecule has 314 valence electrons. The third-order valence-corrected chi connectivity index (χ3v) is 12.0. The first kappa shape index (κ1) is 39.7. The molecule has 17 nitrogen and oxygen atoms in total. The number of piperazine rings is 1. The number of benzene rings is 2. The van der Waals surface area contributed by atoms with Crippen LogP contribution >= 0.6 is 0 Å². The third-order valence-electron chi connectivity index (χ3n) is 12.0. The second kappa shape index (κ2) is 15.4. The second-order valence-corrected chi connectivity index (χ2v) is 16.7. The molecule has 3 saturated heterocycles. The highest BCUT2D eigenvalue weighted by Gasteiger charge is 2.45. The standard InChI is InChI=1S/C44H47N11O6/c1-5-15-53-40(58)32-22-45-43(49-38(32)55(53)36-8-6-7-35(47-36)44(3,4)61)46-28-9-12-33(26(2)20-28)51-18-16-50(17-19-51)23-27-24-52(25-27)29-10-11-30-31(21-29)42(60)54(41(30)59)34-13-14-37(56)48-39(34)57/h5-12,20-22,27,34,61H,1,13-19,23-25H2,2-4H3,(H,45,46,49)(H,48,56,57). The van der Waals surface area contributed by atoms with Crippen molar-refractivity contribution in [3.05, 3.63) is 106 Å². The Hall–Kier alpha value is -6.72. The summed E-state index contributed by atoms with van der Waals surface area (Å²) in [6.07, 6.45) is 3.36. The number of rotatable bonds is 11. The largest absolute Gasteiger partial charge is 0.384 e. The van der Waals surface area contributed by atoms with Crippen LogP contribution < -0.4 is 26.0 Å². The van der Waals surface area contributed by atoms with Crippen molar-refractivity contribution in [1.29, 1.82) is 0 Å². The summed E-state index contributed by atoms with van der Waals surface area (Å²) in [7, 11) is 0. The van der Waals surface area contributed by atoms with Gasteiger partial charge >= 0.3 is 0 Å². The number of carbonyl (C=O) groups excluding carboxylic acids is 4. The van der Waals surface area contributed by atoms with E-state index in [4.69, 9.17) is 4.98 Å². The predicted molar refractivity (Wildman–Crippen MR) is 228 cm³/mol. The highest BCUT2D eigenvalue weighted by molar-refractivity contribution is 6.23. The number of piperidine rings is 1. The smallest absolute Gasteiger partial charge is 0.278 e. The first-order valence-electron chi connectivity index (χ1n) is 20.5. The Bertz CT molecular complexity index is 2690. The van der Waals surface area contributed by atoms with E-state index in [2.05, 4.69) is 60.9 Å². The number of aliphatic hydroxyl groups is 1. The molecule has 7 heterocycles. The molecular formula is C44H47N11O6. The number of allylic oxidation sites excluding steroid dienone is 1. The number of nitrogens with one attached hydrogen (secondary N) is 2. The lowest BCUT2D eigenvalue weighted by Gasteiger charge is -2.45. The molecule has 0 radical (unpaired) electrons. The summed E-state index contributed by atoms with van der Waals surface area (Å²) in [5.74, 6) is -0.778. The fourth-order valence-electron chi connectivity index (χ4n) is 8.80. The van der Waals surface area contributed by atoms with Gasteiger partial charge in [0, 0.05) is 81.4 Å². The van der Waals surface area contributed by atoms with Crippen LogP contribution in [0.3, 0.4) is 0 Å². The Balaban J connectivity index is 0.807. The molecule has 1 unspecified atom stereocenters. The average molecular weight is 826 g/mol. The molecule has 17 heteroatoms. The summed E-state index contributed by atoms with van der Waals surface area (Å²) < 4.78 is 3.14. The van der Waals surface area contributed by atoms with Gasteiger partial charge in [0.15, 0.2) is 11.5 Å². The molecule has 2 aromatic carbocycles. The van der Waals surface area contributed by atoms with Crippen LogP contribution in [0.4, 0.5) is 23.0 Å². The third kappa shape index (κ3) is 7.33.